The van der Waals surface area contributed by atoms with Gasteiger partial charge in [0.1, 0.15) is 0 Å². The molecule has 0 spiro atoms. The number of nitrogens with zero attached hydrogens (tertiary/aromatic N) is 1. The summed E-state index contributed by atoms with van der Waals surface area (Å²) >= 11 is 0. The van der Waals surface area contributed by atoms with Crippen LogP contribution in [0, 0.1) is 11.3 Å². The number of nitriles is 1. The van der Waals surface area contributed by atoms with Crippen molar-refractivity contribution in [1.29, 1.82) is 5.26 Å². The Balaban J connectivity index is 2.74. The molecule has 0 atom stereocenters. The van der Waals surface area contributed by atoms with E-state index in [2.05, 4.69) is 6.07 Å². The largest absolute Gasteiger partial charge is 0.399 e. The molecule has 2 aliphatic rings. The maximum absolute atomic E-state index is 8.79. The average Bonchev–Trinajstić information content (AvgIpc) is 2.39. The van der Waals surface area contributed by atoms with Crippen LogP contribution in [0.4, 0.5) is 5.69 Å². The molecular weight excluding hydrogens is 160 g/mol. The summed E-state index contributed by atoms with van der Waals surface area (Å²) in [5, 5.41) is 8.79. The molecule has 0 fully saturated rings. The molecule has 0 heterocycles. The smallest absolute Gasteiger partial charge is 0.0998 e. The molecule has 62 valence electrons. The number of anilines is 1. The lowest BCUT2D eigenvalue weighted by Crippen LogP contribution is -1.79. The van der Waals surface area contributed by atoms with Gasteiger partial charge >= 0.3 is 0 Å². The Morgan fingerprint density at radius 1 is 1.15 bits per heavy atom. The van der Waals surface area contributed by atoms with Crippen LogP contribution in [0.5, 0.6) is 0 Å². The lowest BCUT2D eigenvalue weighted by atomic mass is 10.1. The van der Waals surface area contributed by atoms with Crippen LogP contribution >= 0.6 is 0 Å². The third-order valence-electron chi connectivity index (χ3n) is 2.02. The van der Waals surface area contributed by atoms with Crippen LogP contribution in [0.15, 0.2) is 36.4 Å². The molecule has 0 aromatic carbocycles. The van der Waals surface area contributed by atoms with Gasteiger partial charge in [-0.3, -0.25) is 0 Å². The van der Waals surface area contributed by atoms with E-state index in [1.807, 2.05) is 36.4 Å². The monoisotopic (exact) mass is 168 g/mol. The van der Waals surface area contributed by atoms with Crippen molar-refractivity contribution in [3.05, 3.63) is 42.0 Å². The zero-order valence-electron chi connectivity index (χ0n) is 6.99. The second kappa shape index (κ2) is 2.80. The summed E-state index contributed by atoms with van der Waals surface area (Å²) in [6.45, 7) is 0. The number of fused-ring (bicyclic) bond motifs is 1. The highest BCUT2D eigenvalue weighted by atomic mass is 14.5. The van der Waals surface area contributed by atoms with E-state index in [0.29, 0.717) is 11.3 Å². The quantitative estimate of drug-likeness (QED) is 0.655. The number of hydrogen-bond acceptors (Lipinski definition) is 2. The summed E-state index contributed by atoms with van der Waals surface area (Å²) in [7, 11) is 0. The molecule has 2 heteroatoms. The lowest BCUT2D eigenvalue weighted by molar-refractivity contribution is 1.51. The molecule has 0 aliphatic heterocycles. The summed E-state index contributed by atoms with van der Waals surface area (Å²) in [5.74, 6) is 0. The van der Waals surface area contributed by atoms with Crippen LogP contribution in [-0.2, 0) is 0 Å². The van der Waals surface area contributed by atoms with E-state index < -0.39 is 0 Å². The minimum absolute atomic E-state index is 0.700. The van der Waals surface area contributed by atoms with E-state index in [1.165, 1.54) is 0 Å². The molecule has 13 heavy (non-hydrogen) atoms. The van der Waals surface area contributed by atoms with Gasteiger partial charge in [0.05, 0.1) is 11.6 Å². The fourth-order valence-electron chi connectivity index (χ4n) is 1.40. The van der Waals surface area contributed by atoms with Gasteiger partial charge in [-0.1, -0.05) is 18.2 Å². The maximum atomic E-state index is 8.79. The van der Waals surface area contributed by atoms with Crippen molar-refractivity contribution in [3.8, 4) is 17.2 Å². The molecule has 0 aromatic heterocycles. The van der Waals surface area contributed by atoms with Gasteiger partial charge in [0, 0.05) is 5.69 Å². The van der Waals surface area contributed by atoms with Gasteiger partial charge < -0.3 is 5.73 Å². The Morgan fingerprint density at radius 2 is 2.00 bits per heavy atom. The summed E-state index contributed by atoms with van der Waals surface area (Å²) in [4.78, 5) is 0. The third kappa shape index (κ3) is 1.21. The number of nitrogens with two attached hydrogens (primary N) is 1. The topological polar surface area (TPSA) is 49.8 Å². The van der Waals surface area contributed by atoms with Crippen molar-refractivity contribution >= 4 is 5.69 Å². The first-order valence-electron chi connectivity index (χ1n) is 3.99. The third-order valence-corrected chi connectivity index (χ3v) is 2.02. The van der Waals surface area contributed by atoms with Gasteiger partial charge in [0.25, 0.3) is 0 Å². The van der Waals surface area contributed by atoms with Crippen molar-refractivity contribution in [1.82, 2.24) is 0 Å². The highest BCUT2D eigenvalue weighted by molar-refractivity contribution is 5.75. The molecule has 0 unspecified atom stereocenters. The Bertz CT molecular complexity index is 454. The van der Waals surface area contributed by atoms with Crippen LogP contribution in [0.3, 0.4) is 0 Å². The Morgan fingerprint density at radius 3 is 2.77 bits per heavy atom. The van der Waals surface area contributed by atoms with Crippen molar-refractivity contribution in [2.45, 2.75) is 0 Å². The molecule has 0 radical (unpaired) electrons. The van der Waals surface area contributed by atoms with Crippen LogP contribution in [0.1, 0.15) is 5.56 Å². The predicted octanol–water partition coefficient (Wildman–Crippen LogP) is 2.25. The van der Waals surface area contributed by atoms with Crippen LogP contribution in [-0.4, -0.2) is 0 Å². The molecule has 0 amide bonds. The molecule has 0 saturated heterocycles. The summed E-state index contributed by atoms with van der Waals surface area (Å²) < 4.78 is 0. The van der Waals surface area contributed by atoms with Crippen LogP contribution in [0.2, 0.25) is 0 Å². The molecule has 2 nitrogen and oxygen atoms in total. The SMILES string of the molecule is N#Cc1ccc2cc(N)cccc1-2. The molecule has 0 aromatic rings. The zero-order valence-corrected chi connectivity index (χ0v) is 6.99. The van der Waals surface area contributed by atoms with Crippen molar-refractivity contribution in [2.24, 2.45) is 0 Å². The lowest BCUT2D eigenvalue weighted by Gasteiger charge is -1.91. The van der Waals surface area contributed by atoms with Crippen LogP contribution < -0.4 is 5.73 Å². The first-order chi connectivity index (χ1) is 6.31. The van der Waals surface area contributed by atoms with E-state index in [9.17, 15) is 0 Å². The first-order valence-corrected chi connectivity index (χ1v) is 3.99. The average molecular weight is 168 g/mol. The second-order valence-electron chi connectivity index (χ2n) is 2.90. The Kier molecular flexibility index (Phi) is 1.64. The Labute approximate surface area is 76.6 Å². The van der Waals surface area contributed by atoms with Crippen molar-refractivity contribution in [2.75, 3.05) is 5.73 Å². The highest BCUT2D eigenvalue weighted by Crippen LogP contribution is 2.27. The predicted molar refractivity (Wildman–Crippen MR) is 52.2 cm³/mol. The van der Waals surface area contributed by atoms with Gasteiger partial charge in [-0.15, -0.1) is 0 Å². The zero-order chi connectivity index (χ0) is 9.26. The fourth-order valence-corrected chi connectivity index (χ4v) is 1.40. The van der Waals surface area contributed by atoms with Crippen molar-refractivity contribution in [3.63, 3.8) is 0 Å². The maximum Gasteiger partial charge on any atom is 0.0998 e. The van der Waals surface area contributed by atoms with E-state index >= 15 is 0 Å². The number of hydrogen-bond donors (Lipinski definition) is 1. The molecule has 0 saturated carbocycles. The van der Waals surface area contributed by atoms with E-state index in [1.54, 1.807) is 0 Å². The van der Waals surface area contributed by atoms with Gasteiger partial charge in [0.2, 0.25) is 0 Å². The molecule has 0 bridgehead atoms. The standard InChI is InChI=1S/C11H8N2/c12-7-9-5-4-8-6-10(13)2-1-3-11(8)9/h1-6H,13H2. The molecule has 2 N–H and O–H groups in total. The highest BCUT2D eigenvalue weighted by Gasteiger charge is 2.06. The van der Waals surface area contributed by atoms with E-state index in [0.717, 1.165) is 11.1 Å². The van der Waals surface area contributed by atoms with Crippen molar-refractivity contribution < 1.29 is 0 Å². The minimum Gasteiger partial charge on any atom is -0.399 e. The number of rotatable bonds is 0. The first kappa shape index (κ1) is 7.63. The van der Waals surface area contributed by atoms with Gasteiger partial charge in [-0.2, -0.15) is 5.26 Å². The fraction of sp³-hybridized carbons (Fsp3) is 0. The van der Waals surface area contributed by atoms with E-state index in [-0.39, 0.29) is 0 Å². The second-order valence-corrected chi connectivity index (χ2v) is 2.90. The van der Waals surface area contributed by atoms with E-state index in [4.69, 9.17) is 11.0 Å². The van der Waals surface area contributed by atoms with Gasteiger partial charge in [-0.25, -0.2) is 0 Å². The number of nitrogen functional groups attached to an aromatic ring is 1. The molecular formula is C11H8N2. The van der Waals surface area contributed by atoms with Gasteiger partial charge in [-0.05, 0) is 29.3 Å². The summed E-state index contributed by atoms with van der Waals surface area (Å²) in [6.07, 6.45) is 0. The summed E-state index contributed by atoms with van der Waals surface area (Å²) in [6, 6.07) is 13.3. The summed E-state index contributed by atoms with van der Waals surface area (Å²) in [5.41, 5.74) is 9.05. The minimum atomic E-state index is 0.700. The van der Waals surface area contributed by atoms with Crippen LogP contribution in [0.25, 0.3) is 11.1 Å². The molecule has 2 aliphatic carbocycles. The Hall–Kier alpha value is -2.01. The normalized spacial score (nSPS) is 9.77. The molecule has 2 rings (SSSR count). The van der Waals surface area contributed by atoms with Gasteiger partial charge in [0.15, 0.2) is 0 Å².